The number of pyridine rings is 1. The predicted molar refractivity (Wildman–Crippen MR) is 84.8 cm³/mol. The number of aromatic nitrogens is 1. The van der Waals surface area contributed by atoms with Crippen LogP contribution in [-0.2, 0) is 5.60 Å². The molecule has 3 aromatic rings. The van der Waals surface area contributed by atoms with Crippen molar-refractivity contribution < 1.29 is 5.11 Å². The van der Waals surface area contributed by atoms with Crippen LogP contribution in [0, 0.1) is 0 Å². The van der Waals surface area contributed by atoms with E-state index in [1.54, 1.807) is 19.3 Å². The van der Waals surface area contributed by atoms with Crippen LogP contribution in [0.4, 0.5) is 0 Å². The third-order valence-corrected chi connectivity index (χ3v) is 3.78. The van der Waals surface area contributed by atoms with Gasteiger partial charge < -0.3 is 5.11 Å². The quantitative estimate of drug-likeness (QED) is 0.783. The summed E-state index contributed by atoms with van der Waals surface area (Å²) < 4.78 is 0. The molecule has 21 heavy (non-hydrogen) atoms. The van der Waals surface area contributed by atoms with Crippen LogP contribution in [0.5, 0.6) is 0 Å². The third kappa shape index (κ3) is 2.71. The second-order valence-corrected chi connectivity index (χ2v) is 5.26. The molecule has 0 radical (unpaired) electrons. The van der Waals surface area contributed by atoms with E-state index >= 15 is 0 Å². The second-order valence-electron chi connectivity index (χ2n) is 5.26. The van der Waals surface area contributed by atoms with E-state index in [9.17, 15) is 5.11 Å². The van der Waals surface area contributed by atoms with E-state index in [-0.39, 0.29) is 0 Å². The number of aliphatic hydroxyl groups is 1. The molecule has 1 aromatic heterocycles. The summed E-state index contributed by atoms with van der Waals surface area (Å²) >= 11 is 0. The fourth-order valence-electron chi connectivity index (χ4n) is 2.44. The highest BCUT2D eigenvalue weighted by atomic mass is 16.3. The first-order chi connectivity index (χ1) is 10.2. The molecule has 1 unspecified atom stereocenters. The van der Waals surface area contributed by atoms with Crippen LogP contribution in [0.3, 0.4) is 0 Å². The molecule has 0 spiro atoms. The molecule has 0 aliphatic heterocycles. The predicted octanol–water partition coefficient (Wildman–Crippen LogP) is 4.00. The van der Waals surface area contributed by atoms with Crippen LogP contribution in [0.1, 0.15) is 18.1 Å². The molecule has 0 aliphatic rings. The first kappa shape index (κ1) is 13.5. The van der Waals surface area contributed by atoms with Crippen LogP contribution < -0.4 is 0 Å². The zero-order valence-electron chi connectivity index (χ0n) is 11.9. The molecule has 1 N–H and O–H groups in total. The van der Waals surface area contributed by atoms with Gasteiger partial charge in [0.25, 0.3) is 0 Å². The average molecular weight is 275 g/mol. The molecule has 104 valence electrons. The molecule has 0 saturated carbocycles. The Bertz CT molecular complexity index is 704. The summed E-state index contributed by atoms with van der Waals surface area (Å²) in [5, 5.41) is 10.8. The summed E-state index contributed by atoms with van der Waals surface area (Å²) in [6, 6.07) is 21.9. The molecule has 1 atom stereocenters. The maximum Gasteiger partial charge on any atom is 0.113 e. The number of rotatable bonds is 3. The lowest BCUT2D eigenvalue weighted by molar-refractivity contribution is 0.102. The topological polar surface area (TPSA) is 33.1 Å². The molecule has 1 heterocycles. The van der Waals surface area contributed by atoms with E-state index in [2.05, 4.69) is 17.1 Å². The first-order valence-corrected chi connectivity index (χ1v) is 6.97. The van der Waals surface area contributed by atoms with Crippen LogP contribution in [-0.4, -0.2) is 10.1 Å². The molecule has 0 fully saturated rings. The Balaban J connectivity index is 1.94. The highest BCUT2D eigenvalue weighted by molar-refractivity contribution is 5.63. The summed E-state index contributed by atoms with van der Waals surface area (Å²) in [4.78, 5) is 4.08. The Morgan fingerprint density at radius 1 is 0.762 bits per heavy atom. The Hall–Kier alpha value is -2.45. The normalized spacial score (nSPS) is 13.6. The van der Waals surface area contributed by atoms with E-state index in [1.165, 1.54) is 5.56 Å². The summed E-state index contributed by atoms with van der Waals surface area (Å²) in [6.45, 7) is 1.79. The molecule has 0 saturated heterocycles. The molecule has 2 heteroatoms. The van der Waals surface area contributed by atoms with Crippen molar-refractivity contribution in [2.75, 3.05) is 0 Å². The minimum atomic E-state index is -1.04. The molecule has 0 bridgehead atoms. The van der Waals surface area contributed by atoms with Crippen LogP contribution in [0.25, 0.3) is 11.1 Å². The van der Waals surface area contributed by atoms with Gasteiger partial charge in [0.1, 0.15) is 5.60 Å². The van der Waals surface area contributed by atoms with Gasteiger partial charge in [-0.05, 0) is 29.7 Å². The average Bonchev–Trinajstić information content (AvgIpc) is 2.57. The highest BCUT2D eigenvalue weighted by Crippen LogP contribution is 2.30. The Morgan fingerprint density at radius 3 is 2.05 bits per heavy atom. The van der Waals surface area contributed by atoms with Gasteiger partial charge in [0.15, 0.2) is 0 Å². The fourth-order valence-corrected chi connectivity index (χ4v) is 2.44. The fraction of sp³-hybridized carbons (Fsp3) is 0.105. The lowest BCUT2D eigenvalue weighted by Gasteiger charge is -2.24. The summed E-state index contributed by atoms with van der Waals surface area (Å²) in [7, 11) is 0. The zero-order chi connectivity index (χ0) is 14.7. The summed E-state index contributed by atoms with van der Waals surface area (Å²) in [6.07, 6.45) is 3.41. The number of nitrogens with zero attached hydrogens (tertiary/aromatic N) is 1. The van der Waals surface area contributed by atoms with Crippen LogP contribution in [0.15, 0.2) is 79.1 Å². The van der Waals surface area contributed by atoms with Gasteiger partial charge in [0.05, 0.1) is 0 Å². The van der Waals surface area contributed by atoms with E-state index in [0.717, 1.165) is 16.7 Å². The van der Waals surface area contributed by atoms with Crippen LogP contribution in [0.2, 0.25) is 0 Å². The molecular weight excluding hydrogens is 258 g/mol. The van der Waals surface area contributed by atoms with E-state index in [1.807, 2.05) is 54.6 Å². The maximum atomic E-state index is 10.8. The van der Waals surface area contributed by atoms with Crippen molar-refractivity contribution in [2.45, 2.75) is 12.5 Å². The van der Waals surface area contributed by atoms with Crippen molar-refractivity contribution in [1.82, 2.24) is 4.98 Å². The summed E-state index contributed by atoms with van der Waals surface area (Å²) in [5.41, 5.74) is 2.92. The minimum absolute atomic E-state index is 0.789. The highest BCUT2D eigenvalue weighted by Gasteiger charge is 2.25. The maximum absolute atomic E-state index is 10.8. The Kier molecular flexibility index (Phi) is 3.55. The van der Waals surface area contributed by atoms with E-state index in [4.69, 9.17) is 0 Å². The number of benzene rings is 2. The van der Waals surface area contributed by atoms with Gasteiger partial charge in [-0.3, -0.25) is 4.98 Å². The SMILES string of the molecule is CC(O)(c1ccc(-c2ccccc2)cc1)c1cccnc1. The number of hydrogen-bond acceptors (Lipinski definition) is 2. The third-order valence-electron chi connectivity index (χ3n) is 3.78. The first-order valence-electron chi connectivity index (χ1n) is 6.97. The lowest BCUT2D eigenvalue weighted by atomic mass is 9.88. The molecule has 2 aromatic carbocycles. The van der Waals surface area contributed by atoms with Crippen molar-refractivity contribution in [3.63, 3.8) is 0 Å². The molecular formula is C19H17NO. The standard InChI is InChI=1S/C19H17NO/c1-19(21,18-8-5-13-20-14-18)17-11-9-16(10-12-17)15-6-3-2-4-7-15/h2-14,21H,1H3. The largest absolute Gasteiger partial charge is 0.381 e. The van der Waals surface area contributed by atoms with Crippen molar-refractivity contribution in [3.05, 3.63) is 90.3 Å². The Morgan fingerprint density at radius 2 is 1.43 bits per heavy atom. The van der Waals surface area contributed by atoms with Gasteiger partial charge in [0.2, 0.25) is 0 Å². The van der Waals surface area contributed by atoms with Gasteiger partial charge in [-0.25, -0.2) is 0 Å². The molecule has 0 aliphatic carbocycles. The van der Waals surface area contributed by atoms with Crippen molar-refractivity contribution in [1.29, 1.82) is 0 Å². The smallest absolute Gasteiger partial charge is 0.113 e. The van der Waals surface area contributed by atoms with E-state index in [0.29, 0.717) is 0 Å². The second kappa shape index (κ2) is 5.51. The van der Waals surface area contributed by atoms with Crippen molar-refractivity contribution in [2.24, 2.45) is 0 Å². The van der Waals surface area contributed by atoms with Gasteiger partial charge in [-0.1, -0.05) is 60.7 Å². The Labute approximate surface area is 124 Å². The van der Waals surface area contributed by atoms with Gasteiger partial charge in [-0.15, -0.1) is 0 Å². The van der Waals surface area contributed by atoms with Crippen molar-refractivity contribution in [3.8, 4) is 11.1 Å². The lowest BCUT2D eigenvalue weighted by Crippen LogP contribution is -2.22. The van der Waals surface area contributed by atoms with Crippen molar-refractivity contribution >= 4 is 0 Å². The van der Waals surface area contributed by atoms with Gasteiger partial charge >= 0.3 is 0 Å². The zero-order valence-corrected chi connectivity index (χ0v) is 11.9. The van der Waals surface area contributed by atoms with Gasteiger partial charge in [-0.2, -0.15) is 0 Å². The minimum Gasteiger partial charge on any atom is -0.381 e. The molecule has 3 rings (SSSR count). The van der Waals surface area contributed by atoms with Crippen LogP contribution >= 0.6 is 0 Å². The number of hydrogen-bond donors (Lipinski definition) is 1. The van der Waals surface area contributed by atoms with Gasteiger partial charge in [0, 0.05) is 18.0 Å². The molecule has 0 amide bonds. The summed E-state index contributed by atoms with van der Waals surface area (Å²) in [5.74, 6) is 0. The molecule has 2 nitrogen and oxygen atoms in total. The van der Waals surface area contributed by atoms with E-state index < -0.39 is 5.60 Å². The monoisotopic (exact) mass is 275 g/mol.